The van der Waals surface area contributed by atoms with Gasteiger partial charge in [0.15, 0.2) is 0 Å². The topological polar surface area (TPSA) is 85.2 Å². The van der Waals surface area contributed by atoms with Crippen LogP contribution in [-0.2, 0) is 19.0 Å². The minimum atomic E-state index is -0.185. The van der Waals surface area contributed by atoms with Gasteiger partial charge in [-0.25, -0.2) is 0 Å². The van der Waals surface area contributed by atoms with Crippen LogP contribution in [0.5, 0.6) is 0 Å². The van der Waals surface area contributed by atoms with Gasteiger partial charge in [0, 0.05) is 6.42 Å². The minimum Gasteiger partial charge on any atom is -0.463 e. The van der Waals surface area contributed by atoms with Crippen LogP contribution in [0.1, 0.15) is 90.4 Å². The van der Waals surface area contributed by atoms with Gasteiger partial charge in [0.2, 0.25) is 0 Å². The normalized spacial score (nSPS) is 12.5. The van der Waals surface area contributed by atoms with Crippen molar-refractivity contribution in [3.8, 4) is 0 Å². The fourth-order valence-electron chi connectivity index (χ4n) is 3.03. The third kappa shape index (κ3) is 23.3. The maximum atomic E-state index is 11.6. The van der Waals surface area contributed by atoms with Gasteiger partial charge in [-0.1, -0.05) is 64.0 Å². The molecule has 6 nitrogen and oxygen atoms in total. The number of carbonyl (C=O) groups is 1. The largest absolute Gasteiger partial charge is 0.463 e. The second-order valence-electron chi connectivity index (χ2n) is 7.69. The number of ether oxygens (including phenoxy) is 3. The molecule has 1 atom stereocenters. The Morgan fingerprint density at radius 1 is 0.833 bits per heavy atom. The molecule has 30 heavy (non-hydrogen) atoms. The molecule has 0 aliphatic carbocycles. The van der Waals surface area contributed by atoms with E-state index in [1.54, 1.807) is 0 Å². The predicted octanol–water partition coefficient (Wildman–Crippen LogP) is 4.56. The Bertz CT molecular complexity index is 386. The first-order valence-electron chi connectivity index (χ1n) is 12.0. The monoisotopic (exact) mass is 430 g/mol. The Hall–Kier alpha value is -0.950. The molecule has 0 aromatic heterocycles. The molecule has 0 heterocycles. The Morgan fingerprint density at radius 2 is 1.50 bits per heavy atom. The van der Waals surface area contributed by atoms with Crippen LogP contribution in [0.25, 0.3) is 0 Å². The zero-order valence-electron chi connectivity index (χ0n) is 19.2. The van der Waals surface area contributed by atoms with Crippen LogP contribution in [-0.4, -0.2) is 61.9 Å². The van der Waals surface area contributed by atoms with Gasteiger partial charge in [0.05, 0.1) is 39.1 Å². The highest BCUT2D eigenvalue weighted by molar-refractivity contribution is 5.69. The molecule has 0 aromatic carbocycles. The SMILES string of the molecule is CCCCCC[C@@H](O)C/C=C\CCCCCCCC(=O)OCCOCCOCCO. The number of hydrogen-bond acceptors (Lipinski definition) is 6. The van der Waals surface area contributed by atoms with E-state index in [-0.39, 0.29) is 25.3 Å². The number of unbranched alkanes of at least 4 members (excludes halogenated alkanes) is 8. The van der Waals surface area contributed by atoms with E-state index in [2.05, 4.69) is 19.1 Å². The van der Waals surface area contributed by atoms with E-state index in [1.807, 2.05) is 0 Å². The van der Waals surface area contributed by atoms with Gasteiger partial charge in [0.25, 0.3) is 0 Å². The van der Waals surface area contributed by atoms with Crippen LogP contribution < -0.4 is 0 Å². The molecule has 0 fully saturated rings. The second-order valence-corrected chi connectivity index (χ2v) is 7.69. The molecular formula is C24H46O6. The zero-order chi connectivity index (χ0) is 22.1. The average Bonchev–Trinajstić information content (AvgIpc) is 2.74. The summed E-state index contributed by atoms with van der Waals surface area (Å²) in [6.07, 6.45) is 17.6. The molecule has 0 saturated heterocycles. The van der Waals surface area contributed by atoms with E-state index in [0.29, 0.717) is 32.8 Å². The number of allylic oxidation sites excluding steroid dienone is 1. The van der Waals surface area contributed by atoms with Crippen molar-refractivity contribution in [1.82, 2.24) is 0 Å². The van der Waals surface area contributed by atoms with Crippen LogP contribution in [0.3, 0.4) is 0 Å². The molecule has 0 spiro atoms. The molecule has 0 amide bonds. The molecule has 6 heteroatoms. The van der Waals surface area contributed by atoms with E-state index < -0.39 is 0 Å². The van der Waals surface area contributed by atoms with Crippen LogP contribution in [0.2, 0.25) is 0 Å². The van der Waals surface area contributed by atoms with Crippen molar-refractivity contribution in [3.05, 3.63) is 12.2 Å². The van der Waals surface area contributed by atoms with Gasteiger partial charge < -0.3 is 24.4 Å². The van der Waals surface area contributed by atoms with Crippen LogP contribution in [0.15, 0.2) is 12.2 Å². The van der Waals surface area contributed by atoms with Gasteiger partial charge in [-0.15, -0.1) is 0 Å². The number of carbonyl (C=O) groups excluding carboxylic acids is 1. The van der Waals surface area contributed by atoms with E-state index in [9.17, 15) is 9.90 Å². The first kappa shape index (κ1) is 29.1. The summed E-state index contributed by atoms with van der Waals surface area (Å²) < 4.78 is 15.4. The molecule has 0 radical (unpaired) electrons. The van der Waals surface area contributed by atoms with Gasteiger partial charge in [-0.3, -0.25) is 4.79 Å². The predicted molar refractivity (Wildman–Crippen MR) is 121 cm³/mol. The van der Waals surface area contributed by atoms with Crippen molar-refractivity contribution in [2.75, 3.05) is 39.6 Å². The van der Waals surface area contributed by atoms with Crippen LogP contribution >= 0.6 is 0 Å². The van der Waals surface area contributed by atoms with Crippen LogP contribution in [0, 0.1) is 0 Å². The summed E-state index contributed by atoms with van der Waals surface area (Å²) in [6, 6.07) is 0. The number of aliphatic hydroxyl groups is 2. The van der Waals surface area contributed by atoms with Gasteiger partial charge in [0.1, 0.15) is 6.61 Å². The molecule has 0 saturated carbocycles. The molecule has 0 rings (SSSR count). The number of esters is 1. The second kappa shape index (κ2) is 24.3. The van der Waals surface area contributed by atoms with Gasteiger partial charge in [-0.05, 0) is 32.1 Å². The van der Waals surface area contributed by atoms with Crippen molar-refractivity contribution in [2.45, 2.75) is 96.5 Å². The van der Waals surface area contributed by atoms with Crippen molar-refractivity contribution < 1.29 is 29.2 Å². The zero-order valence-corrected chi connectivity index (χ0v) is 19.2. The van der Waals surface area contributed by atoms with E-state index in [4.69, 9.17) is 19.3 Å². The Balaban J connectivity index is 3.30. The highest BCUT2D eigenvalue weighted by atomic mass is 16.6. The fraction of sp³-hybridized carbons (Fsp3) is 0.875. The Labute approximate surface area is 184 Å². The fourth-order valence-corrected chi connectivity index (χ4v) is 3.03. The molecule has 0 aliphatic heterocycles. The van der Waals surface area contributed by atoms with Crippen molar-refractivity contribution >= 4 is 5.97 Å². The quantitative estimate of drug-likeness (QED) is 0.140. The van der Waals surface area contributed by atoms with Crippen LogP contribution in [0.4, 0.5) is 0 Å². The highest BCUT2D eigenvalue weighted by Gasteiger charge is 2.03. The Kier molecular flexibility index (Phi) is 23.6. The lowest BCUT2D eigenvalue weighted by Crippen LogP contribution is -2.13. The smallest absolute Gasteiger partial charge is 0.305 e. The van der Waals surface area contributed by atoms with Crippen molar-refractivity contribution in [3.63, 3.8) is 0 Å². The summed E-state index contributed by atoms with van der Waals surface area (Å²) >= 11 is 0. The van der Waals surface area contributed by atoms with Gasteiger partial charge in [-0.2, -0.15) is 0 Å². The summed E-state index contributed by atoms with van der Waals surface area (Å²) in [5.41, 5.74) is 0. The summed E-state index contributed by atoms with van der Waals surface area (Å²) in [6.45, 7) is 4.05. The lowest BCUT2D eigenvalue weighted by molar-refractivity contribution is -0.145. The minimum absolute atomic E-state index is 0.0129. The first-order valence-corrected chi connectivity index (χ1v) is 12.0. The maximum Gasteiger partial charge on any atom is 0.305 e. The van der Waals surface area contributed by atoms with Crippen molar-refractivity contribution in [2.24, 2.45) is 0 Å². The number of rotatable bonds is 23. The van der Waals surface area contributed by atoms with Gasteiger partial charge >= 0.3 is 5.97 Å². The highest BCUT2D eigenvalue weighted by Crippen LogP contribution is 2.10. The lowest BCUT2D eigenvalue weighted by atomic mass is 10.1. The lowest BCUT2D eigenvalue weighted by Gasteiger charge is -2.07. The standard InChI is InChI=1S/C24H46O6/c1-2-3-4-11-14-23(26)15-12-9-7-5-6-8-10-13-16-24(27)30-22-21-29-20-19-28-18-17-25/h9,12,23,25-26H,2-8,10-11,13-22H2,1H3/b12-9-/t23-/m1/s1. The van der Waals surface area contributed by atoms with E-state index >= 15 is 0 Å². The van der Waals surface area contributed by atoms with E-state index in [1.165, 1.54) is 25.7 Å². The summed E-state index contributed by atoms with van der Waals surface area (Å²) in [4.78, 5) is 11.6. The first-order chi connectivity index (χ1) is 14.7. The van der Waals surface area contributed by atoms with Crippen molar-refractivity contribution in [1.29, 1.82) is 0 Å². The molecule has 2 N–H and O–H groups in total. The Morgan fingerprint density at radius 3 is 2.27 bits per heavy atom. The molecule has 0 bridgehead atoms. The summed E-state index contributed by atoms with van der Waals surface area (Å²) in [7, 11) is 0. The number of aliphatic hydroxyl groups excluding tert-OH is 2. The third-order valence-corrected chi connectivity index (χ3v) is 4.82. The summed E-state index contributed by atoms with van der Waals surface area (Å²) in [5, 5.41) is 18.5. The molecule has 0 aromatic rings. The average molecular weight is 431 g/mol. The summed E-state index contributed by atoms with van der Waals surface area (Å²) in [5.74, 6) is -0.161. The maximum absolute atomic E-state index is 11.6. The molecule has 0 unspecified atom stereocenters. The molecular weight excluding hydrogens is 384 g/mol. The number of hydrogen-bond donors (Lipinski definition) is 2. The van der Waals surface area contributed by atoms with E-state index in [0.717, 1.165) is 51.4 Å². The molecule has 178 valence electrons. The third-order valence-electron chi connectivity index (χ3n) is 4.82. The molecule has 0 aliphatic rings.